The highest BCUT2D eigenvalue weighted by Crippen LogP contribution is 2.36. The summed E-state index contributed by atoms with van der Waals surface area (Å²) in [4.78, 5) is 2.73. The summed E-state index contributed by atoms with van der Waals surface area (Å²) in [6.07, 6.45) is 1.45. The molecule has 0 aliphatic carbocycles. The maximum atomic E-state index is 13.6. The van der Waals surface area contributed by atoms with Crippen molar-refractivity contribution < 1.29 is 13.2 Å². The van der Waals surface area contributed by atoms with E-state index in [0.717, 1.165) is 32.5 Å². The van der Waals surface area contributed by atoms with Gasteiger partial charge in [0.1, 0.15) is 16.7 Å². The second-order valence-electron chi connectivity index (χ2n) is 8.98. The third-order valence-electron chi connectivity index (χ3n) is 6.06. The summed E-state index contributed by atoms with van der Waals surface area (Å²) in [7, 11) is -3.59. The first kappa shape index (κ1) is 21.3. The summed E-state index contributed by atoms with van der Waals surface area (Å²) >= 11 is 0. The molecule has 2 aliphatic heterocycles. The van der Waals surface area contributed by atoms with Crippen LogP contribution in [0.5, 0.6) is 5.75 Å². The van der Waals surface area contributed by atoms with Crippen molar-refractivity contribution in [3.05, 3.63) is 59.7 Å². The molecule has 0 aromatic heterocycles. The molecule has 6 heteroatoms. The van der Waals surface area contributed by atoms with Gasteiger partial charge < -0.3 is 4.74 Å². The average molecular weight is 429 g/mol. The summed E-state index contributed by atoms with van der Waals surface area (Å²) in [6, 6.07) is 15.6. The first-order chi connectivity index (χ1) is 14.3. The third-order valence-corrected chi connectivity index (χ3v) is 7.99. The standard InChI is InChI=1S/C24H32N2O3S/c1-18(2)16-26-21-12-14-25(17-20-10-8-19(3)9-11-20)15-13-22(21)29-23-6-4-5-7-24(23)30(26,27)28/h4-11,18,21-22H,12-17H2,1-3H3/t21-,22-/m1/s1. The lowest BCUT2D eigenvalue weighted by atomic mass is 10.0. The van der Waals surface area contributed by atoms with Crippen molar-refractivity contribution in [2.75, 3.05) is 19.6 Å². The van der Waals surface area contributed by atoms with Crippen molar-refractivity contribution in [3.8, 4) is 5.75 Å². The molecular formula is C24H32N2O3S. The van der Waals surface area contributed by atoms with Gasteiger partial charge in [0.2, 0.25) is 10.0 Å². The molecule has 0 radical (unpaired) electrons. The van der Waals surface area contributed by atoms with E-state index in [1.54, 1.807) is 22.5 Å². The lowest BCUT2D eigenvalue weighted by Gasteiger charge is -2.32. The Morgan fingerprint density at radius 2 is 1.73 bits per heavy atom. The van der Waals surface area contributed by atoms with E-state index in [0.29, 0.717) is 17.2 Å². The lowest BCUT2D eigenvalue weighted by Crippen LogP contribution is -2.48. The van der Waals surface area contributed by atoms with Crippen LogP contribution in [0.15, 0.2) is 53.4 Å². The van der Waals surface area contributed by atoms with E-state index in [4.69, 9.17) is 4.74 Å². The molecule has 0 N–H and O–H groups in total. The number of hydrogen-bond donors (Lipinski definition) is 0. The van der Waals surface area contributed by atoms with Crippen molar-refractivity contribution in [1.29, 1.82) is 0 Å². The average Bonchev–Trinajstić information content (AvgIpc) is 2.94. The number of para-hydroxylation sites is 1. The van der Waals surface area contributed by atoms with Crippen LogP contribution in [0, 0.1) is 12.8 Å². The van der Waals surface area contributed by atoms with Crippen LogP contribution in [0.3, 0.4) is 0 Å². The molecule has 2 atom stereocenters. The quantitative estimate of drug-likeness (QED) is 0.737. The van der Waals surface area contributed by atoms with Gasteiger partial charge in [-0.05, 0) is 43.4 Å². The fourth-order valence-corrected chi connectivity index (χ4v) is 6.48. The molecule has 5 nitrogen and oxygen atoms in total. The number of rotatable bonds is 4. The van der Waals surface area contributed by atoms with Crippen molar-refractivity contribution in [2.24, 2.45) is 5.92 Å². The maximum absolute atomic E-state index is 13.6. The van der Waals surface area contributed by atoms with Crippen LogP contribution in [0.4, 0.5) is 0 Å². The summed E-state index contributed by atoms with van der Waals surface area (Å²) < 4.78 is 35.2. The van der Waals surface area contributed by atoms with Crippen LogP contribution >= 0.6 is 0 Å². The Hall–Kier alpha value is -1.89. The predicted molar refractivity (Wildman–Crippen MR) is 119 cm³/mol. The second-order valence-corrected chi connectivity index (χ2v) is 10.8. The monoisotopic (exact) mass is 428 g/mol. The van der Waals surface area contributed by atoms with E-state index in [9.17, 15) is 8.42 Å². The van der Waals surface area contributed by atoms with E-state index in [-0.39, 0.29) is 18.1 Å². The first-order valence-electron chi connectivity index (χ1n) is 10.9. The van der Waals surface area contributed by atoms with E-state index >= 15 is 0 Å². The maximum Gasteiger partial charge on any atom is 0.247 e. The number of aryl methyl sites for hydroxylation is 1. The molecule has 2 aromatic rings. The van der Waals surface area contributed by atoms with E-state index in [1.807, 2.05) is 6.07 Å². The zero-order valence-electron chi connectivity index (χ0n) is 18.1. The summed E-state index contributed by atoms with van der Waals surface area (Å²) in [5, 5.41) is 0. The Labute approximate surface area is 180 Å². The minimum Gasteiger partial charge on any atom is -0.487 e. The SMILES string of the molecule is Cc1ccc(CN2CC[C@@H]3[C@@H](CC2)Oc2ccccc2S(=O)(=O)N3CC(C)C)cc1. The Kier molecular flexibility index (Phi) is 6.19. The van der Waals surface area contributed by atoms with Gasteiger partial charge in [-0.2, -0.15) is 4.31 Å². The van der Waals surface area contributed by atoms with Gasteiger partial charge in [0, 0.05) is 26.2 Å². The van der Waals surface area contributed by atoms with Gasteiger partial charge in [0.05, 0.1) is 6.04 Å². The van der Waals surface area contributed by atoms with Gasteiger partial charge in [-0.25, -0.2) is 8.42 Å². The fraction of sp³-hybridized carbons (Fsp3) is 0.500. The van der Waals surface area contributed by atoms with E-state index in [1.165, 1.54) is 11.1 Å². The Morgan fingerprint density at radius 1 is 1.03 bits per heavy atom. The Balaban J connectivity index is 1.61. The molecule has 0 amide bonds. The van der Waals surface area contributed by atoms with Crippen LogP contribution in [0.25, 0.3) is 0 Å². The number of likely N-dealkylation sites (tertiary alicyclic amines) is 1. The molecule has 30 heavy (non-hydrogen) atoms. The van der Waals surface area contributed by atoms with E-state index < -0.39 is 10.0 Å². The molecular weight excluding hydrogens is 396 g/mol. The first-order valence-corrected chi connectivity index (χ1v) is 12.3. The lowest BCUT2D eigenvalue weighted by molar-refractivity contribution is 0.108. The Morgan fingerprint density at radius 3 is 2.47 bits per heavy atom. The molecule has 0 bridgehead atoms. The van der Waals surface area contributed by atoms with Gasteiger partial charge in [-0.1, -0.05) is 55.8 Å². The van der Waals surface area contributed by atoms with Crippen LogP contribution < -0.4 is 4.74 Å². The number of hydrogen-bond acceptors (Lipinski definition) is 4. The fourth-order valence-electron chi connectivity index (χ4n) is 4.51. The van der Waals surface area contributed by atoms with E-state index in [2.05, 4.69) is 49.9 Å². The van der Waals surface area contributed by atoms with Crippen LogP contribution in [0.2, 0.25) is 0 Å². The summed E-state index contributed by atoms with van der Waals surface area (Å²) in [5.74, 6) is 0.739. The smallest absolute Gasteiger partial charge is 0.247 e. The molecule has 162 valence electrons. The number of ether oxygens (including phenoxy) is 1. The normalized spacial score (nSPS) is 24.4. The Bertz CT molecular complexity index is 972. The minimum absolute atomic E-state index is 0.134. The number of benzene rings is 2. The van der Waals surface area contributed by atoms with Crippen LogP contribution in [-0.4, -0.2) is 49.4 Å². The number of sulfonamides is 1. The summed E-state index contributed by atoms with van der Waals surface area (Å²) in [5.41, 5.74) is 2.55. The molecule has 0 unspecified atom stereocenters. The van der Waals surface area contributed by atoms with Crippen molar-refractivity contribution in [1.82, 2.24) is 9.21 Å². The van der Waals surface area contributed by atoms with Gasteiger partial charge in [-0.3, -0.25) is 4.90 Å². The van der Waals surface area contributed by atoms with Gasteiger partial charge >= 0.3 is 0 Å². The molecule has 2 aromatic carbocycles. The predicted octanol–water partition coefficient (Wildman–Crippen LogP) is 4.07. The molecule has 0 saturated carbocycles. The van der Waals surface area contributed by atoms with Crippen LogP contribution in [0.1, 0.15) is 37.8 Å². The van der Waals surface area contributed by atoms with Gasteiger partial charge in [0.25, 0.3) is 0 Å². The molecule has 2 heterocycles. The number of fused-ring (bicyclic) bond motifs is 2. The van der Waals surface area contributed by atoms with Gasteiger partial charge in [-0.15, -0.1) is 0 Å². The minimum atomic E-state index is -3.59. The van der Waals surface area contributed by atoms with Crippen molar-refractivity contribution in [3.63, 3.8) is 0 Å². The summed E-state index contributed by atoms with van der Waals surface area (Å²) in [6.45, 7) is 9.39. The molecule has 1 fully saturated rings. The van der Waals surface area contributed by atoms with Crippen molar-refractivity contribution >= 4 is 10.0 Å². The highest BCUT2D eigenvalue weighted by atomic mass is 32.2. The second kappa shape index (κ2) is 8.69. The molecule has 4 rings (SSSR count). The number of nitrogens with zero attached hydrogens (tertiary/aromatic N) is 2. The van der Waals surface area contributed by atoms with Crippen molar-refractivity contribution in [2.45, 2.75) is 57.2 Å². The van der Waals surface area contributed by atoms with Crippen LogP contribution in [-0.2, 0) is 16.6 Å². The topological polar surface area (TPSA) is 49.9 Å². The highest BCUT2D eigenvalue weighted by molar-refractivity contribution is 7.89. The zero-order valence-corrected chi connectivity index (χ0v) is 18.9. The molecule has 1 saturated heterocycles. The molecule has 0 spiro atoms. The third kappa shape index (κ3) is 4.41. The largest absolute Gasteiger partial charge is 0.487 e. The highest BCUT2D eigenvalue weighted by Gasteiger charge is 2.43. The molecule has 2 aliphatic rings. The van der Waals surface area contributed by atoms with Gasteiger partial charge in [0.15, 0.2) is 0 Å². The zero-order chi connectivity index (χ0) is 21.3.